The minimum absolute atomic E-state index is 0.149. The Morgan fingerprint density at radius 1 is 1.29 bits per heavy atom. The molecule has 0 aliphatic heterocycles. The van der Waals surface area contributed by atoms with Crippen LogP contribution in [0.3, 0.4) is 0 Å². The van der Waals surface area contributed by atoms with Gasteiger partial charge in [0.25, 0.3) is 0 Å². The van der Waals surface area contributed by atoms with Crippen LogP contribution < -0.4 is 0 Å². The second-order valence-electron chi connectivity index (χ2n) is 4.52. The number of nitrogens with zero attached hydrogens (tertiary/aromatic N) is 1. The van der Waals surface area contributed by atoms with E-state index in [1.54, 1.807) is 6.20 Å². The predicted molar refractivity (Wildman–Crippen MR) is 70.1 cm³/mol. The number of ketones is 1. The van der Waals surface area contributed by atoms with E-state index in [0.717, 1.165) is 17.2 Å². The fourth-order valence-corrected chi connectivity index (χ4v) is 1.90. The van der Waals surface area contributed by atoms with E-state index >= 15 is 0 Å². The molecule has 88 valence electrons. The number of aromatic nitrogens is 1. The molecule has 1 atom stereocenters. The van der Waals surface area contributed by atoms with Crippen molar-refractivity contribution in [2.45, 2.75) is 26.7 Å². The van der Waals surface area contributed by atoms with Crippen LogP contribution in [0.2, 0.25) is 0 Å². The topological polar surface area (TPSA) is 30.0 Å². The molecule has 0 saturated carbocycles. The van der Waals surface area contributed by atoms with Gasteiger partial charge in [-0.25, -0.2) is 0 Å². The van der Waals surface area contributed by atoms with Crippen LogP contribution in [0.25, 0.3) is 10.8 Å². The third-order valence-corrected chi connectivity index (χ3v) is 3.17. The van der Waals surface area contributed by atoms with Gasteiger partial charge in [0.2, 0.25) is 0 Å². The van der Waals surface area contributed by atoms with Gasteiger partial charge in [-0.2, -0.15) is 0 Å². The van der Waals surface area contributed by atoms with Crippen molar-refractivity contribution in [2.75, 3.05) is 0 Å². The van der Waals surface area contributed by atoms with Gasteiger partial charge < -0.3 is 0 Å². The summed E-state index contributed by atoms with van der Waals surface area (Å²) in [6, 6.07) is 9.84. The Balaban J connectivity index is 2.38. The van der Waals surface area contributed by atoms with Crippen molar-refractivity contribution < 1.29 is 4.79 Å². The Labute approximate surface area is 102 Å². The Morgan fingerprint density at radius 2 is 2.06 bits per heavy atom. The summed E-state index contributed by atoms with van der Waals surface area (Å²) in [7, 11) is 0. The lowest BCUT2D eigenvalue weighted by Gasteiger charge is -2.08. The van der Waals surface area contributed by atoms with Crippen LogP contribution in [-0.4, -0.2) is 10.8 Å². The van der Waals surface area contributed by atoms with Crippen molar-refractivity contribution in [3.8, 4) is 0 Å². The van der Waals surface area contributed by atoms with E-state index in [4.69, 9.17) is 0 Å². The molecule has 0 aliphatic carbocycles. The van der Waals surface area contributed by atoms with Crippen molar-refractivity contribution in [3.63, 3.8) is 0 Å². The van der Waals surface area contributed by atoms with Crippen molar-refractivity contribution >= 4 is 16.6 Å². The summed E-state index contributed by atoms with van der Waals surface area (Å²) in [5, 5.41) is 2.04. The SMILES string of the molecule is CCC(C)CC(=O)c1nccc2ccccc12. The summed E-state index contributed by atoms with van der Waals surface area (Å²) in [5.41, 5.74) is 0.614. The second-order valence-corrected chi connectivity index (χ2v) is 4.52. The molecule has 17 heavy (non-hydrogen) atoms. The summed E-state index contributed by atoms with van der Waals surface area (Å²) in [4.78, 5) is 16.4. The van der Waals surface area contributed by atoms with Crippen molar-refractivity contribution in [2.24, 2.45) is 5.92 Å². The molecule has 1 aromatic carbocycles. The third-order valence-electron chi connectivity index (χ3n) is 3.17. The van der Waals surface area contributed by atoms with E-state index in [0.29, 0.717) is 18.0 Å². The molecule has 1 unspecified atom stereocenters. The molecule has 0 amide bonds. The molecule has 0 aliphatic rings. The fourth-order valence-electron chi connectivity index (χ4n) is 1.90. The highest BCUT2D eigenvalue weighted by molar-refractivity contribution is 6.06. The highest BCUT2D eigenvalue weighted by Gasteiger charge is 2.13. The second kappa shape index (κ2) is 5.09. The molecule has 0 N–H and O–H groups in total. The average molecular weight is 227 g/mol. The normalized spacial score (nSPS) is 12.6. The standard InChI is InChI=1S/C15H17NO/c1-3-11(2)10-14(17)15-13-7-5-4-6-12(13)8-9-16-15/h4-9,11H,3,10H2,1-2H3. The van der Waals surface area contributed by atoms with E-state index in [2.05, 4.69) is 18.8 Å². The molecule has 0 saturated heterocycles. The molecule has 0 radical (unpaired) electrons. The van der Waals surface area contributed by atoms with Crippen LogP contribution in [0.15, 0.2) is 36.5 Å². The van der Waals surface area contributed by atoms with Crippen LogP contribution in [0.1, 0.15) is 37.2 Å². The lowest BCUT2D eigenvalue weighted by Crippen LogP contribution is -2.07. The number of carbonyl (C=O) groups excluding carboxylic acids is 1. The molecule has 1 heterocycles. The monoisotopic (exact) mass is 227 g/mol. The van der Waals surface area contributed by atoms with Crippen LogP contribution in [0.5, 0.6) is 0 Å². The van der Waals surface area contributed by atoms with E-state index in [1.165, 1.54) is 0 Å². The Bertz CT molecular complexity index is 528. The zero-order chi connectivity index (χ0) is 12.3. The molecule has 2 heteroatoms. The molecular weight excluding hydrogens is 210 g/mol. The first-order valence-corrected chi connectivity index (χ1v) is 6.09. The molecule has 0 spiro atoms. The number of hydrogen-bond donors (Lipinski definition) is 0. The molecule has 2 aromatic rings. The number of hydrogen-bond acceptors (Lipinski definition) is 2. The summed E-state index contributed by atoms with van der Waals surface area (Å²) in [6.45, 7) is 4.21. The lowest BCUT2D eigenvalue weighted by atomic mass is 9.98. The molecule has 0 bridgehead atoms. The van der Waals surface area contributed by atoms with E-state index < -0.39 is 0 Å². The molecule has 2 rings (SSSR count). The maximum Gasteiger partial charge on any atom is 0.182 e. The number of carbonyl (C=O) groups is 1. The maximum atomic E-state index is 12.2. The fraction of sp³-hybridized carbons (Fsp3) is 0.333. The van der Waals surface area contributed by atoms with Gasteiger partial charge in [0.05, 0.1) is 0 Å². The number of rotatable bonds is 4. The minimum Gasteiger partial charge on any atom is -0.292 e. The largest absolute Gasteiger partial charge is 0.292 e. The molecular formula is C15H17NO. The third kappa shape index (κ3) is 2.52. The van der Waals surface area contributed by atoms with Crippen molar-refractivity contribution in [3.05, 3.63) is 42.2 Å². The van der Waals surface area contributed by atoms with Crippen LogP contribution >= 0.6 is 0 Å². The summed E-state index contributed by atoms with van der Waals surface area (Å²) >= 11 is 0. The summed E-state index contributed by atoms with van der Waals surface area (Å²) in [5.74, 6) is 0.569. The average Bonchev–Trinajstić information content (AvgIpc) is 2.37. The number of fused-ring (bicyclic) bond motifs is 1. The highest BCUT2D eigenvalue weighted by atomic mass is 16.1. The van der Waals surface area contributed by atoms with Gasteiger partial charge in [-0.3, -0.25) is 9.78 Å². The van der Waals surface area contributed by atoms with E-state index in [9.17, 15) is 4.79 Å². The van der Waals surface area contributed by atoms with Gasteiger partial charge in [0, 0.05) is 18.0 Å². The molecule has 1 aromatic heterocycles. The van der Waals surface area contributed by atoms with Crippen LogP contribution in [0.4, 0.5) is 0 Å². The first-order valence-electron chi connectivity index (χ1n) is 6.09. The van der Waals surface area contributed by atoms with E-state index in [-0.39, 0.29) is 5.78 Å². The van der Waals surface area contributed by atoms with Gasteiger partial charge in [-0.1, -0.05) is 44.5 Å². The molecule has 0 fully saturated rings. The quantitative estimate of drug-likeness (QED) is 0.742. The minimum atomic E-state index is 0.149. The van der Waals surface area contributed by atoms with Gasteiger partial charge in [0.15, 0.2) is 5.78 Å². The van der Waals surface area contributed by atoms with Crippen molar-refractivity contribution in [1.29, 1.82) is 0 Å². The van der Waals surface area contributed by atoms with E-state index in [1.807, 2.05) is 30.3 Å². The Morgan fingerprint density at radius 3 is 2.82 bits per heavy atom. The van der Waals surface area contributed by atoms with Gasteiger partial charge in [-0.05, 0) is 17.4 Å². The summed E-state index contributed by atoms with van der Waals surface area (Å²) in [6.07, 6.45) is 3.32. The van der Waals surface area contributed by atoms with Crippen LogP contribution in [-0.2, 0) is 0 Å². The van der Waals surface area contributed by atoms with Gasteiger partial charge >= 0.3 is 0 Å². The first-order chi connectivity index (χ1) is 8.22. The smallest absolute Gasteiger partial charge is 0.182 e. The van der Waals surface area contributed by atoms with Crippen LogP contribution in [0, 0.1) is 5.92 Å². The predicted octanol–water partition coefficient (Wildman–Crippen LogP) is 3.85. The number of Topliss-reactive ketones (excluding diaryl/α,β-unsaturated/α-hetero) is 1. The Kier molecular flexibility index (Phi) is 3.52. The first kappa shape index (κ1) is 11.8. The van der Waals surface area contributed by atoms with Gasteiger partial charge in [0.1, 0.15) is 5.69 Å². The number of pyridine rings is 1. The lowest BCUT2D eigenvalue weighted by molar-refractivity contribution is 0.0960. The zero-order valence-electron chi connectivity index (χ0n) is 10.3. The summed E-state index contributed by atoms with van der Waals surface area (Å²) < 4.78 is 0. The maximum absolute atomic E-state index is 12.2. The van der Waals surface area contributed by atoms with Gasteiger partial charge in [-0.15, -0.1) is 0 Å². The van der Waals surface area contributed by atoms with Crippen molar-refractivity contribution in [1.82, 2.24) is 4.98 Å². The zero-order valence-corrected chi connectivity index (χ0v) is 10.3. The highest BCUT2D eigenvalue weighted by Crippen LogP contribution is 2.19. The number of benzene rings is 1. The Hall–Kier alpha value is -1.70. The molecule has 2 nitrogen and oxygen atoms in total.